The topological polar surface area (TPSA) is 151 Å². The Morgan fingerprint density at radius 2 is 1.49 bits per heavy atom. The Morgan fingerprint density at radius 1 is 0.878 bits per heavy atom. The molecule has 0 aliphatic rings. The van der Waals surface area contributed by atoms with Crippen LogP contribution in [-0.2, 0) is 14.4 Å². The van der Waals surface area contributed by atoms with E-state index in [1.54, 1.807) is 30.3 Å². The zero-order valence-corrected chi connectivity index (χ0v) is 24.8. The van der Waals surface area contributed by atoms with Crippen LogP contribution in [0.3, 0.4) is 0 Å². The number of thioether (sulfide) groups is 1. The Bertz CT molecular complexity index is 1070. The van der Waals surface area contributed by atoms with Gasteiger partial charge in [-0.2, -0.15) is 11.8 Å². The molecule has 228 valence electrons. The number of carbonyl (C=O) groups excluding carboxylic acids is 3. The number of carbonyl (C=O) groups is 4. The van der Waals surface area contributed by atoms with E-state index in [1.807, 2.05) is 0 Å². The van der Waals surface area contributed by atoms with Gasteiger partial charge in [0.1, 0.15) is 12.1 Å². The van der Waals surface area contributed by atoms with Crippen molar-refractivity contribution in [2.24, 2.45) is 5.73 Å². The first kappa shape index (κ1) is 37.5. The van der Waals surface area contributed by atoms with E-state index < -0.39 is 35.9 Å². The van der Waals surface area contributed by atoms with Gasteiger partial charge in [0.05, 0.1) is 0 Å². The van der Waals surface area contributed by atoms with Crippen molar-refractivity contribution in [1.29, 1.82) is 0 Å². The Kier molecular flexibility index (Phi) is 19.4. The number of rotatable bonds is 18. The monoisotopic (exact) mass is 588 g/mol. The molecule has 2 atom stereocenters. The number of amides is 4. The number of nitrogens with one attached hydrogen (secondary N) is 3. The number of hydrogen-bond acceptors (Lipinski definition) is 5. The highest BCUT2D eigenvalue weighted by atomic mass is 32.2. The lowest BCUT2D eigenvalue weighted by Crippen LogP contribution is -2.53. The fraction of sp³-hybridized carbons (Fsp3) is 0.484. The fourth-order valence-electron chi connectivity index (χ4n) is 3.58. The molecule has 6 N–H and O–H groups in total. The molecule has 0 aromatic heterocycles. The van der Waals surface area contributed by atoms with Crippen LogP contribution in [0.5, 0.6) is 0 Å². The lowest BCUT2D eigenvalue weighted by molar-refractivity contribution is -0.141. The maximum absolute atomic E-state index is 12.9. The van der Waals surface area contributed by atoms with Crippen molar-refractivity contribution in [2.45, 2.75) is 85.7 Å². The van der Waals surface area contributed by atoms with Gasteiger partial charge in [0.2, 0.25) is 11.8 Å². The van der Waals surface area contributed by atoms with Gasteiger partial charge >= 0.3 is 12.0 Å². The standard InChI is InChI=1S/C30H44N4O5S.CH4/c1-21(2)10-8-11-22(3)12-9-13-23(4)18-19-40-20-26(29(37)38)33-28(36)25(16-17-27(31)35)34-30(39)32-24-14-6-5-7-15-24;/h5-7,10,12,14-15,18,25-26H,8-9,11,13,16-17,19-20H2,1-4H3,(H2,31,35)(H,33,36)(H,37,38)(H2,32,34,39);1H4/b22-12+,23-18+;/t25?,26-;/m0./s1. The summed E-state index contributed by atoms with van der Waals surface area (Å²) in [5, 5.41) is 17.2. The third-order valence-electron chi connectivity index (χ3n) is 5.90. The fourth-order valence-corrected chi connectivity index (χ4v) is 4.58. The average molecular weight is 589 g/mol. The summed E-state index contributed by atoms with van der Waals surface area (Å²) in [6, 6.07) is 5.68. The summed E-state index contributed by atoms with van der Waals surface area (Å²) in [6.07, 6.45) is 10.4. The number of carboxylic acid groups (broad SMARTS) is 1. The number of anilines is 1. The SMILES string of the molecule is C.CC(C)=CCC/C(C)=C/CC/C(C)=C/CSC[C@H](NC(=O)C(CCC(N)=O)NC(=O)Nc1ccccc1)C(=O)O. The number of para-hydroxylation sites is 1. The molecule has 1 unspecified atom stereocenters. The third-order valence-corrected chi connectivity index (χ3v) is 6.88. The molecule has 41 heavy (non-hydrogen) atoms. The maximum Gasteiger partial charge on any atom is 0.327 e. The van der Waals surface area contributed by atoms with Crippen LogP contribution in [-0.4, -0.2) is 52.5 Å². The first-order chi connectivity index (χ1) is 19.0. The van der Waals surface area contributed by atoms with E-state index in [-0.39, 0.29) is 26.0 Å². The highest BCUT2D eigenvalue weighted by Crippen LogP contribution is 2.13. The van der Waals surface area contributed by atoms with E-state index in [0.717, 1.165) is 25.7 Å². The molecule has 0 radical (unpaired) electrons. The van der Waals surface area contributed by atoms with Crippen molar-refractivity contribution in [3.8, 4) is 0 Å². The summed E-state index contributed by atoms with van der Waals surface area (Å²) in [6.45, 7) is 8.41. The van der Waals surface area contributed by atoms with Crippen LogP contribution < -0.4 is 21.7 Å². The Hall–Kier alpha value is -3.53. The maximum atomic E-state index is 12.9. The van der Waals surface area contributed by atoms with Gasteiger partial charge in [0, 0.05) is 23.6 Å². The molecular formula is C31H48N4O5S. The summed E-state index contributed by atoms with van der Waals surface area (Å²) >= 11 is 1.39. The van der Waals surface area contributed by atoms with Gasteiger partial charge in [-0.3, -0.25) is 9.59 Å². The van der Waals surface area contributed by atoms with Gasteiger partial charge in [0.15, 0.2) is 0 Å². The van der Waals surface area contributed by atoms with Crippen LogP contribution in [0.25, 0.3) is 0 Å². The molecule has 4 amide bonds. The second-order valence-corrected chi connectivity index (χ2v) is 11.0. The molecule has 0 aliphatic heterocycles. The van der Waals surface area contributed by atoms with Gasteiger partial charge in [-0.1, -0.05) is 60.6 Å². The van der Waals surface area contributed by atoms with Crippen molar-refractivity contribution in [2.75, 3.05) is 16.8 Å². The quantitative estimate of drug-likeness (QED) is 0.108. The van der Waals surface area contributed by atoms with Crippen LogP contribution in [0.15, 0.2) is 65.3 Å². The summed E-state index contributed by atoms with van der Waals surface area (Å²) in [4.78, 5) is 48.4. The number of benzene rings is 1. The van der Waals surface area contributed by atoms with E-state index in [1.165, 1.54) is 28.5 Å². The van der Waals surface area contributed by atoms with Gasteiger partial charge in [0.25, 0.3) is 0 Å². The second-order valence-electron chi connectivity index (χ2n) is 9.92. The second kappa shape index (κ2) is 21.2. The minimum absolute atomic E-state index is 0. The minimum Gasteiger partial charge on any atom is -0.480 e. The molecule has 0 fully saturated rings. The van der Waals surface area contributed by atoms with Gasteiger partial charge in [-0.05, 0) is 71.9 Å². The number of aliphatic carboxylic acids is 1. The van der Waals surface area contributed by atoms with Crippen LogP contribution in [0, 0.1) is 0 Å². The normalized spacial score (nSPS) is 12.8. The number of hydrogen-bond donors (Lipinski definition) is 5. The molecule has 0 aliphatic carbocycles. The van der Waals surface area contributed by atoms with Crippen LogP contribution in [0.4, 0.5) is 10.5 Å². The molecule has 0 saturated heterocycles. The lowest BCUT2D eigenvalue weighted by Gasteiger charge is -2.21. The van der Waals surface area contributed by atoms with Gasteiger partial charge in [-0.25, -0.2) is 9.59 Å². The van der Waals surface area contributed by atoms with Crippen LogP contribution in [0.2, 0.25) is 0 Å². The molecule has 0 heterocycles. The Labute approximate surface area is 249 Å². The van der Waals surface area contributed by atoms with E-state index in [9.17, 15) is 24.3 Å². The molecular weight excluding hydrogens is 540 g/mol. The highest BCUT2D eigenvalue weighted by Gasteiger charge is 2.27. The molecule has 0 saturated carbocycles. The van der Waals surface area contributed by atoms with Gasteiger partial charge in [-0.15, -0.1) is 0 Å². The van der Waals surface area contributed by atoms with Crippen LogP contribution >= 0.6 is 11.8 Å². The lowest BCUT2D eigenvalue weighted by atomic mass is 10.1. The predicted octanol–water partition coefficient (Wildman–Crippen LogP) is 5.80. The number of allylic oxidation sites excluding steroid dienone is 5. The highest BCUT2D eigenvalue weighted by molar-refractivity contribution is 7.99. The molecule has 1 aromatic carbocycles. The zero-order valence-electron chi connectivity index (χ0n) is 24.0. The minimum atomic E-state index is -1.18. The summed E-state index contributed by atoms with van der Waals surface area (Å²) in [5.41, 5.74) is 9.66. The van der Waals surface area contributed by atoms with E-state index >= 15 is 0 Å². The molecule has 10 heteroatoms. The largest absolute Gasteiger partial charge is 0.480 e. The third kappa shape index (κ3) is 18.4. The summed E-state index contributed by atoms with van der Waals surface area (Å²) in [7, 11) is 0. The smallest absolute Gasteiger partial charge is 0.327 e. The van der Waals surface area contributed by atoms with Crippen molar-refractivity contribution in [3.63, 3.8) is 0 Å². The van der Waals surface area contributed by atoms with Crippen molar-refractivity contribution in [3.05, 3.63) is 65.3 Å². The Balaban J connectivity index is 0.0000160. The number of nitrogens with two attached hydrogens (primary N) is 1. The van der Waals surface area contributed by atoms with Crippen LogP contribution in [0.1, 0.15) is 73.6 Å². The number of urea groups is 1. The summed E-state index contributed by atoms with van der Waals surface area (Å²) < 4.78 is 0. The molecule has 1 rings (SSSR count). The molecule has 0 bridgehead atoms. The van der Waals surface area contributed by atoms with Crippen molar-refractivity contribution < 1.29 is 24.3 Å². The molecule has 9 nitrogen and oxygen atoms in total. The summed E-state index contributed by atoms with van der Waals surface area (Å²) in [5.74, 6) is -1.76. The molecule has 1 aromatic rings. The van der Waals surface area contributed by atoms with E-state index in [0.29, 0.717) is 11.4 Å². The number of primary amides is 1. The van der Waals surface area contributed by atoms with Crippen molar-refractivity contribution in [1.82, 2.24) is 10.6 Å². The van der Waals surface area contributed by atoms with E-state index in [2.05, 4.69) is 61.9 Å². The van der Waals surface area contributed by atoms with E-state index in [4.69, 9.17) is 5.73 Å². The van der Waals surface area contributed by atoms with Gasteiger partial charge < -0.3 is 26.8 Å². The average Bonchev–Trinajstić information content (AvgIpc) is 2.88. The first-order valence-corrected chi connectivity index (χ1v) is 14.6. The van der Waals surface area contributed by atoms with Crippen molar-refractivity contribution >= 4 is 41.3 Å². The molecule has 0 spiro atoms. The number of carboxylic acids is 1. The zero-order chi connectivity index (χ0) is 29.9. The first-order valence-electron chi connectivity index (χ1n) is 13.4. The Morgan fingerprint density at radius 3 is 2.07 bits per heavy atom. The predicted molar refractivity (Wildman–Crippen MR) is 170 cm³/mol.